The summed E-state index contributed by atoms with van der Waals surface area (Å²) in [6, 6.07) is 10.2. The summed E-state index contributed by atoms with van der Waals surface area (Å²) in [5.41, 5.74) is 4.20. The molecule has 8 heteroatoms. The van der Waals surface area contributed by atoms with Crippen LogP contribution in [0.3, 0.4) is 0 Å². The van der Waals surface area contributed by atoms with Crippen molar-refractivity contribution in [2.45, 2.75) is 13.5 Å². The van der Waals surface area contributed by atoms with E-state index < -0.39 is 11.0 Å². The third-order valence-corrected chi connectivity index (χ3v) is 4.61. The van der Waals surface area contributed by atoms with Gasteiger partial charge in [-0.05, 0) is 35.7 Å². The average molecular weight is 397 g/mol. The van der Waals surface area contributed by atoms with Crippen molar-refractivity contribution in [3.05, 3.63) is 75.2 Å². The normalized spacial score (nSPS) is 11.2. The van der Waals surface area contributed by atoms with Gasteiger partial charge < -0.3 is 14.6 Å². The van der Waals surface area contributed by atoms with Crippen LogP contribution in [-0.2, 0) is 11.3 Å². The number of aromatic nitrogens is 1. The number of ether oxygens (including phenoxy) is 1. The molecule has 150 valence electrons. The van der Waals surface area contributed by atoms with E-state index in [9.17, 15) is 19.3 Å². The van der Waals surface area contributed by atoms with Crippen LogP contribution in [0, 0.1) is 22.9 Å². The van der Waals surface area contributed by atoms with Crippen LogP contribution in [0.1, 0.15) is 16.7 Å². The number of nitrogens with one attached hydrogen (secondary N) is 1. The molecule has 0 atom stereocenters. The summed E-state index contributed by atoms with van der Waals surface area (Å²) >= 11 is 0. The van der Waals surface area contributed by atoms with Crippen LogP contribution in [0.2, 0.25) is 0 Å². The smallest absolute Gasteiger partial charge is 0.409 e. The third-order valence-electron chi connectivity index (χ3n) is 4.61. The fourth-order valence-electron chi connectivity index (χ4n) is 3.33. The maximum atomic E-state index is 13.8. The molecule has 1 amide bonds. The lowest BCUT2D eigenvalue weighted by molar-refractivity contribution is -0.400. The zero-order valence-electron chi connectivity index (χ0n) is 16.2. The highest BCUT2D eigenvalue weighted by Crippen LogP contribution is 2.34. The predicted octanol–water partition coefficient (Wildman–Crippen LogP) is 4.73. The van der Waals surface area contributed by atoms with E-state index in [4.69, 9.17) is 0 Å². The fourth-order valence-corrected chi connectivity index (χ4v) is 3.33. The molecule has 0 saturated heterocycles. The number of hydrogen-bond donors (Lipinski definition) is 1. The second-order valence-electron chi connectivity index (χ2n) is 6.68. The monoisotopic (exact) mass is 397 g/mol. The summed E-state index contributed by atoms with van der Waals surface area (Å²) in [6.45, 7) is 2.14. The highest BCUT2D eigenvalue weighted by Gasteiger charge is 2.16. The fraction of sp³-hybridized carbons (Fsp3) is 0.190. The zero-order chi connectivity index (χ0) is 21.1. The molecule has 0 bridgehead atoms. The number of nitrogens with zero attached hydrogens (tertiary/aromatic N) is 2. The number of carbonyl (C=O) groups excluding carboxylic acids is 1. The number of rotatable bonds is 5. The molecule has 0 aliphatic heterocycles. The van der Waals surface area contributed by atoms with Gasteiger partial charge in [0.25, 0.3) is 0 Å². The SMILES string of the molecule is COC(=O)N(C)Cc1ccc(-c2[nH]c3cc(F)cc(C)c3c2/C=C/[N+](=O)[O-])cc1. The van der Waals surface area contributed by atoms with Crippen LogP contribution in [0.4, 0.5) is 9.18 Å². The molecule has 0 aliphatic carbocycles. The third kappa shape index (κ3) is 4.26. The first-order valence-electron chi connectivity index (χ1n) is 8.82. The van der Waals surface area contributed by atoms with Gasteiger partial charge in [0, 0.05) is 36.1 Å². The van der Waals surface area contributed by atoms with Crippen LogP contribution in [0.5, 0.6) is 0 Å². The van der Waals surface area contributed by atoms with E-state index in [0.717, 1.165) is 22.7 Å². The van der Waals surface area contributed by atoms with Crippen molar-refractivity contribution in [1.29, 1.82) is 0 Å². The van der Waals surface area contributed by atoms with Crippen LogP contribution in [0.15, 0.2) is 42.6 Å². The molecule has 1 aromatic heterocycles. The van der Waals surface area contributed by atoms with Crippen molar-refractivity contribution in [1.82, 2.24) is 9.88 Å². The van der Waals surface area contributed by atoms with E-state index in [-0.39, 0.29) is 5.82 Å². The van der Waals surface area contributed by atoms with Crippen molar-refractivity contribution < 1.29 is 18.8 Å². The van der Waals surface area contributed by atoms with Crippen LogP contribution < -0.4 is 0 Å². The highest BCUT2D eigenvalue weighted by atomic mass is 19.1. The molecular weight excluding hydrogens is 377 g/mol. The molecule has 3 rings (SSSR count). The number of H-pyrrole nitrogens is 1. The van der Waals surface area contributed by atoms with Gasteiger partial charge in [-0.25, -0.2) is 9.18 Å². The summed E-state index contributed by atoms with van der Waals surface area (Å²) < 4.78 is 18.5. The molecule has 2 aromatic carbocycles. The summed E-state index contributed by atoms with van der Waals surface area (Å²) in [7, 11) is 2.96. The molecule has 0 saturated carbocycles. The number of halogens is 1. The lowest BCUT2D eigenvalue weighted by Crippen LogP contribution is -2.25. The number of aromatic amines is 1. The number of amides is 1. The standard InChI is InChI=1S/C21H20FN3O4/c1-13-10-16(22)11-18-19(13)17(8-9-25(27)28)20(23-18)15-6-4-14(5-7-15)12-24(2)21(26)29-3/h4-11,23H,12H2,1-3H3/b9-8+. The number of hydrogen-bond acceptors (Lipinski definition) is 4. The van der Waals surface area contributed by atoms with Gasteiger partial charge in [0.15, 0.2) is 0 Å². The van der Waals surface area contributed by atoms with Crippen molar-refractivity contribution in [3.63, 3.8) is 0 Å². The Morgan fingerprint density at radius 3 is 2.62 bits per heavy atom. The second-order valence-corrected chi connectivity index (χ2v) is 6.68. The Hall–Kier alpha value is -3.68. The van der Waals surface area contributed by atoms with E-state index in [1.807, 2.05) is 24.3 Å². The molecular formula is C21H20FN3O4. The summed E-state index contributed by atoms with van der Waals surface area (Å²) in [5.74, 6) is -0.381. The van der Waals surface area contributed by atoms with E-state index in [1.54, 1.807) is 14.0 Å². The first-order chi connectivity index (χ1) is 13.8. The zero-order valence-corrected chi connectivity index (χ0v) is 16.2. The average Bonchev–Trinajstić information content (AvgIpc) is 3.04. The molecule has 0 unspecified atom stereocenters. The molecule has 7 nitrogen and oxygen atoms in total. The number of benzene rings is 2. The van der Waals surface area contributed by atoms with Crippen LogP contribution in [0.25, 0.3) is 28.2 Å². The van der Waals surface area contributed by atoms with E-state index >= 15 is 0 Å². The Labute approximate surface area is 166 Å². The first kappa shape index (κ1) is 20.1. The van der Waals surface area contributed by atoms with Crippen molar-refractivity contribution in [2.75, 3.05) is 14.2 Å². The molecule has 0 radical (unpaired) electrons. The van der Waals surface area contributed by atoms with Crippen molar-refractivity contribution in [3.8, 4) is 11.3 Å². The minimum absolute atomic E-state index is 0.373. The summed E-state index contributed by atoms with van der Waals surface area (Å²) in [4.78, 5) is 26.5. The lowest BCUT2D eigenvalue weighted by Gasteiger charge is -2.15. The van der Waals surface area contributed by atoms with Gasteiger partial charge in [0.1, 0.15) is 5.82 Å². The second kappa shape index (κ2) is 8.14. The molecule has 0 aliphatic rings. The Bertz CT molecular complexity index is 1100. The maximum absolute atomic E-state index is 13.8. The Morgan fingerprint density at radius 2 is 2.00 bits per heavy atom. The van der Waals surface area contributed by atoms with Gasteiger partial charge in [0.05, 0.1) is 17.7 Å². The molecule has 29 heavy (non-hydrogen) atoms. The number of fused-ring (bicyclic) bond motifs is 1. The number of methoxy groups -OCH3 is 1. The maximum Gasteiger partial charge on any atom is 0.409 e. The number of nitro groups is 1. The molecule has 1 N–H and O–H groups in total. The largest absolute Gasteiger partial charge is 0.453 e. The summed E-state index contributed by atoms with van der Waals surface area (Å²) in [6.07, 6.45) is 1.85. The molecule has 1 heterocycles. The Kier molecular flexibility index (Phi) is 5.63. The minimum Gasteiger partial charge on any atom is -0.453 e. The predicted molar refractivity (Wildman–Crippen MR) is 108 cm³/mol. The summed E-state index contributed by atoms with van der Waals surface area (Å²) in [5, 5.41) is 11.6. The highest BCUT2D eigenvalue weighted by molar-refractivity contribution is 5.98. The van der Waals surface area contributed by atoms with Crippen molar-refractivity contribution in [2.24, 2.45) is 0 Å². The molecule has 0 fully saturated rings. The number of aryl methyl sites for hydroxylation is 1. The van der Waals surface area contributed by atoms with Gasteiger partial charge in [-0.1, -0.05) is 24.3 Å². The Morgan fingerprint density at radius 1 is 1.31 bits per heavy atom. The topological polar surface area (TPSA) is 88.5 Å². The number of carbonyl (C=O) groups is 1. The Balaban J connectivity index is 2.04. The first-order valence-corrected chi connectivity index (χ1v) is 8.82. The van der Waals surface area contributed by atoms with Gasteiger partial charge >= 0.3 is 6.09 Å². The van der Waals surface area contributed by atoms with Gasteiger partial charge in [-0.2, -0.15) is 0 Å². The lowest BCUT2D eigenvalue weighted by atomic mass is 10.0. The van der Waals surface area contributed by atoms with Crippen LogP contribution >= 0.6 is 0 Å². The van der Waals surface area contributed by atoms with Crippen molar-refractivity contribution >= 4 is 23.1 Å². The van der Waals surface area contributed by atoms with Gasteiger partial charge in [0.2, 0.25) is 6.20 Å². The molecule has 0 spiro atoms. The van der Waals surface area contributed by atoms with E-state index in [1.165, 1.54) is 30.2 Å². The minimum atomic E-state index is -0.535. The van der Waals surface area contributed by atoms with Crippen LogP contribution in [-0.4, -0.2) is 35.1 Å². The van der Waals surface area contributed by atoms with E-state index in [0.29, 0.717) is 28.9 Å². The van der Waals surface area contributed by atoms with E-state index in [2.05, 4.69) is 9.72 Å². The van der Waals surface area contributed by atoms with Gasteiger partial charge in [-0.15, -0.1) is 0 Å². The van der Waals surface area contributed by atoms with Gasteiger partial charge in [-0.3, -0.25) is 10.1 Å². The quantitative estimate of drug-likeness (QED) is 0.498. The molecule has 3 aromatic rings.